The largest absolute Gasteiger partial charge is 0.388 e. The van der Waals surface area contributed by atoms with E-state index in [1.165, 1.54) is 12.1 Å². The number of carbonyl (C=O) groups is 1. The zero-order chi connectivity index (χ0) is 14.4. The lowest BCUT2D eigenvalue weighted by atomic mass is 10.1. The second-order valence-corrected chi connectivity index (χ2v) is 4.31. The Bertz CT molecular complexity index is 584. The summed E-state index contributed by atoms with van der Waals surface area (Å²) in [6.07, 6.45) is 2.23. The minimum Gasteiger partial charge on any atom is -0.388 e. The van der Waals surface area contributed by atoms with E-state index in [0.29, 0.717) is 18.7 Å². The van der Waals surface area contributed by atoms with Gasteiger partial charge in [-0.05, 0) is 36.2 Å². The fourth-order valence-corrected chi connectivity index (χ4v) is 1.77. The van der Waals surface area contributed by atoms with E-state index in [-0.39, 0.29) is 11.7 Å². The maximum atomic E-state index is 12.7. The van der Waals surface area contributed by atoms with Gasteiger partial charge in [0.1, 0.15) is 11.5 Å². The number of hydrogen-bond acceptors (Lipinski definition) is 3. The number of anilines is 1. The van der Waals surface area contributed by atoms with Crippen LogP contribution in [0.3, 0.4) is 0 Å². The summed E-state index contributed by atoms with van der Waals surface area (Å²) in [5.41, 5.74) is 2.18. The molecule has 2 rings (SSSR count). The zero-order valence-electron chi connectivity index (χ0n) is 11.2. The summed E-state index contributed by atoms with van der Waals surface area (Å²) in [6.45, 7) is 0.482. The number of pyridine rings is 1. The normalized spacial score (nSPS) is 10.1. The first kappa shape index (κ1) is 14.0. The lowest BCUT2D eigenvalue weighted by molar-refractivity contribution is 0.0949. The number of benzene rings is 1. The first-order chi connectivity index (χ1) is 9.69. The van der Waals surface area contributed by atoms with Crippen molar-refractivity contribution in [3.8, 4) is 0 Å². The molecule has 104 valence electrons. The van der Waals surface area contributed by atoms with E-state index >= 15 is 0 Å². The monoisotopic (exact) mass is 273 g/mol. The van der Waals surface area contributed by atoms with Gasteiger partial charge in [-0.1, -0.05) is 12.1 Å². The molecule has 0 aliphatic rings. The van der Waals surface area contributed by atoms with Crippen molar-refractivity contribution in [1.29, 1.82) is 0 Å². The van der Waals surface area contributed by atoms with Crippen LogP contribution in [0.1, 0.15) is 16.1 Å². The van der Waals surface area contributed by atoms with Crippen LogP contribution in [0.25, 0.3) is 0 Å². The van der Waals surface area contributed by atoms with Crippen molar-refractivity contribution < 1.29 is 9.18 Å². The first-order valence-electron chi connectivity index (χ1n) is 6.35. The Balaban J connectivity index is 1.87. The number of nitrogens with one attached hydrogen (secondary N) is 2. The average Bonchev–Trinajstić information content (AvgIpc) is 2.49. The van der Waals surface area contributed by atoms with Gasteiger partial charge < -0.3 is 10.6 Å². The second kappa shape index (κ2) is 6.65. The maximum Gasteiger partial charge on any atom is 0.269 e. The minimum atomic E-state index is -0.258. The van der Waals surface area contributed by atoms with Crippen LogP contribution < -0.4 is 10.6 Å². The Kier molecular flexibility index (Phi) is 4.65. The number of nitrogens with zero attached hydrogens (tertiary/aromatic N) is 1. The highest BCUT2D eigenvalue weighted by Crippen LogP contribution is 2.07. The predicted octanol–water partition coefficient (Wildman–Crippen LogP) is 2.23. The summed E-state index contributed by atoms with van der Waals surface area (Å²) in [5.74, 6) is -0.477. The molecule has 0 bridgehead atoms. The van der Waals surface area contributed by atoms with E-state index in [4.69, 9.17) is 0 Å². The number of halogens is 1. The highest BCUT2D eigenvalue weighted by atomic mass is 19.1. The molecule has 0 spiro atoms. The van der Waals surface area contributed by atoms with Crippen molar-refractivity contribution in [3.05, 3.63) is 59.7 Å². The number of aromatic nitrogens is 1. The van der Waals surface area contributed by atoms with Gasteiger partial charge in [0.05, 0.1) is 0 Å². The molecule has 0 aliphatic carbocycles. The third kappa shape index (κ3) is 3.78. The molecule has 4 nitrogen and oxygen atoms in total. The van der Waals surface area contributed by atoms with Crippen LogP contribution in [0.2, 0.25) is 0 Å². The number of hydrogen-bond donors (Lipinski definition) is 2. The molecule has 2 aromatic rings. The van der Waals surface area contributed by atoms with Gasteiger partial charge in [0.25, 0.3) is 5.91 Å². The van der Waals surface area contributed by atoms with Gasteiger partial charge in [0.2, 0.25) is 0 Å². The fraction of sp³-hybridized carbons (Fsp3) is 0.200. The van der Waals surface area contributed by atoms with Crippen molar-refractivity contribution in [2.24, 2.45) is 0 Å². The third-order valence-electron chi connectivity index (χ3n) is 2.89. The van der Waals surface area contributed by atoms with Crippen LogP contribution in [0.5, 0.6) is 0 Å². The molecular weight excluding hydrogens is 257 g/mol. The lowest BCUT2D eigenvalue weighted by Crippen LogP contribution is -2.26. The van der Waals surface area contributed by atoms with Crippen molar-refractivity contribution in [1.82, 2.24) is 10.3 Å². The van der Waals surface area contributed by atoms with Gasteiger partial charge in [0, 0.05) is 25.5 Å². The second-order valence-electron chi connectivity index (χ2n) is 4.31. The molecule has 1 amide bonds. The third-order valence-corrected chi connectivity index (χ3v) is 2.89. The molecule has 0 atom stereocenters. The van der Waals surface area contributed by atoms with Gasteiger partial charge in [-0.25, -0.2) is 4.39 Å². The smallest absolute Gasteiger partial charge is 0.269 e. The predicted molar refractivity (Wildman–Crippen MR) is 76.2 cm³/mol. The van der Waals surface area contributed by atoms with Gasteiger partial charge in [-0.3, -0.25) is 9.78 Å². The van der Waals surface area contributed by atoms with Crippen molar-refractivity contribution in [2.75, 3.05) is 18.9 Å². The van der Waals surface area contributed by atoms with Gasteiger partial charge >= 0.3 is 0 Å². The zero-order valence-corrected chi connectivity index (χ0v) is 11.2. The molecular formula is C15H16FN3O. The highest BCUT2D eigenvalue weighted by Gasteiger charge is 2.06. The summed E-state index contributed by atoms with van der Waals surface area (Å²) in [4.78, 5) is 15.9. The van der Waals surface area contributed by atoms with E-state index in [1.54, 1.807) is 37.5 Å². The van der Waals surface area contributed by atoms with E-state index in [1.807, 2.05) is 0 Å². The van der Waals surface area contributed by atoms with Gasteiger partial charge in [0.15, 0.2) is 0 Å². The Morgan fingerprint density at radius 2 is 2.00 bits per heavy atom. The van der Waals surface area contributed by atoms with E-state index < -0.39 is 0 Å². The van der Waals surface area contributed by atoms with Crippen LogP contribution in [-0.4, -0.2) is 24.5 Å². The van der Waals surface area contributed by atoms with Gasteiger partial charge in [-0.2, -0.15) is 0 Å². The van der Waals surface area contributed by atoms with Gasteiger partial charge in [-0.15, -0.1) is 0 Å². The Labute approximate surface area is 117 Å². The first-order valence-corrected chi connectivity index (χ1v) is 6.35. The molecule has 20 heavy (non-hydrogen) atoms. The van der Waals surface area contributed by atoms with Crippen molar-refractivity contribution >= 4 is 11.6 Å². The minimum absolute atomic E-state index is 0.218. The molecule has 0 aliphatic heterocycles. The molecule has 0 fully saturated rings. The van der Waals surface area contributed by atoms with Crippen LogP contribution >= 0.6 is 0 Å². The topological polar surface area (TPSA) is 54.0 Å². The Hall–Kier alpha value is -2.43. The van der Waals surface area contributed by atoms with Crippen LogP contribution in [0, 0.1) is 5.82 Å². The molecule has 2 N–H and O–H groups in total. The highest BCUT2D eigenvalue weighted by molar-refractivity contribution is 5.93. The number of carbonyl (C=O) groups excluding carboxylic acids is 1. The van der Waals surface area contributed by atoms with Crippen LogP contribution in [0.15, 0.2) is 42.6 Å². The Morgan fingerprint density at radius 3 is 2.70 bits per heavy atom. The molecule has 0 radical (unpaired) electrons. The molecule has 1 aromatic carbocycles. The van der Waals surface area contributed by atoms with Crippen molar-refractivity contribution in [3.63, 3.8) is 0 Å². The summed E-state index contributed by atoms with van der Waals surface area (Å²) >= 11 is 0. The SMILES string of the molecule is CNc1ccnc(C(=O)NCCc2ccc(F)cc2)c1. The van der Waals surface area contributed by atoms with Crippen LogP contribution in [-0.2, 0) is 6.42 Å². The molecule has 0 unspecified atom stereocenters. The van der Waals surface area contributed by atoms with E-state index in [2.05, 4.69) is 15.6 Å². The average molecular weight is 273 g/mol. The van der Waals surface area contributed by atoms with E-state index in [9.17, 15) is 9.18 Å². The fourth-order valence-electron chi connectivity index (χ4n) is 1.77. The Morgan fingerprint density at radius 1 is 1.25 bits per heavy atom. The maximum absolute atomic E-state index is 12.7. The summed E-state index contributed by atoms with van der Waals surface area (Å²) in [7, 11) is 1.78. The van der Waals surface area contributed by atoms with Crippen molar-refractivity contribution in [2.45, 2.75) is 6.42 Å². The molecule has 0 saturated carbocycles. The number of rotatable bonds is 5. The van der Waals surface area contributed by atoms with E-state index in [0.717, 1.165) is 11.3 Å². The summed E-state index contributed by atoms with van der Waals surface area (Å²) in [5, 5.41) is 5.74. The molecule has 5 heteroatoms. The molecule has 0 saturated heterocycles. The summed E-state index contributed by atoms with van der Waals surface area (Å²) < 4.78 is 12.7. The molecule has 1 aromatic heterocycles. The standard InChI is InChI=1S/C15H16FN3O/c1-17-13-7-9-18-14(10-13)15(20)19-8-6-11-2-4-12(16)5-3-11/h2-5,7,9-10H,6,8H2,1H3,(H,17,18)(H,19,20). The number of amides is 1. The van der Waals surface area contributed by atoms with Crippen LogP contribution in [0.4, 0.5) is 10.1 Å². The summed E-state index contributed by atoms with van der Waals surface area (Å²) in [6, 6.07) is 9.72. The quantitative estimate of drug-likeness (QED) is 0.878. The lowest BCUT2D eigenvalue weighted by Gasteiger charge is -2.06. The molecule has 1 heterocycles.